The van der Waals surface area contributed by atoms with Gasteiger partial charge in [0, 0.05) is 23.2 Å². The van der Waals surface area contributed by atoms with Gasteiger partial charge in [0.25, 0.3) is 0 Å². The van der Waals surface area contributed by atoms with Crippen LogP contribution in [-0.4, -0.2) is 27.5 Å². The van der Waals surface area contributed by atoms with Crippen LogP contribution in [0.3, 0.4) is 0 Å². The lowest BCUT2D eigenvalue weighted by atomic mass is 9.94. The second-order valence-electron chi connectivity index (χ2n) is 6.33. The van der Waals surface area contributed by atoms with Gasteiger partial charge in [-0.15, -0.1) is 11.3 Å². The quantitative estimate of drug-likeness (QED) is 0.854. The molecule has 0 spiro atoms. The number of aryl methyl sites for hydroxylation is 3. The van der Waals surface area contributed by atoms with Crippen LogP contribution < -0.4 is 0 Å². The number of piperidine rings is 1. The fraction of sp³-hybridized carbons (Fsp3) is 0.588. The summed E-state index contributed by atoms with van der Waals surface area (Å²) in [5, 5.41) is 7.11. The zero-order chi connectivity index (χ0) is 16.6. The van der Waals surface area contributed by atoms with Gasteiger partial charge in [-0.2, -0.15) is 0 Å². The maximum Gasteiger partial charge on any atom is 0.230 e. The van der Waals surface area contributed by atoms with Gasteiger partial charge < -0.3 is 9.42 Å². The summed E-state index contributed by atoms with van der Waals surface area (Å²) in [4.78, 5) is 19.8. The largest absolute Gasteiger partial charge is 0.361 e. The van der Waals surface area contributed by atoms with Crippen molar-refractivity contribution in [2.45, 2.75) is 58.9 Å². The maximum atomic E-state index is 13.1. The Morgan fingerprint density at radius 2 is 2.17 bits per heavy atom. The average Bonchev–Trinajstić information content (AvgIpc) is 3.12. The molecule has 1 aliphatic heterocycles. The van der Waals surface area contributed by atoms with Crippen molar-refractivity contribution in [1.82, 2.24) is 15.0 Å². The molecule has 3 rings (SSSR count). The Labute approximate surface area is 140 Å². The Bertz CT molecular complexity index is 687. The van der Waals surface area contributed by atoms with Gasteiger partial charge in [-0.1, -0.05) is 5.16 Å². The van der Waals surface area contributed by atoms with Crippen LogP contribution in [0.25, 0.3) is 0 Å². The van der Waals surface area contributed by atoms with E-state index in [0.717, 1.165) is 53.5 Å². The Hall–Kier alpha value is -1.69. The lowest BCUT2D eigenvalue weighted by Crippen LogP contribution is -2.40. The predicted molar refractivity (Wildman–Crippen MR) is 89.5 cm³/mol. The van der Waals surface area contributed by atoms with E-state index in [1.165, 1.54) is 0 Å². The number of hydrogen-bond acceptors (Lipinski definition) is 5. The molecule has 23 heavy (non-hydrogen) atoms. The van der Waals surface area contributed by atoms with Gasteiger partial charge >= 0.3 is 0 Å². The first-order valence-corrected chi connectivity index (χ1v) is 9.02. The van der Waals surface area contributed by atoms with Crippen molar-refractivity contribution in [2.75, 3.05) is 6.54 Å². The lowest BCUT2D eigenvalue weighted by Gasteiger charge is -2.36. The van der Waals surface area contributed by atoms with Crippen LogP contribution in [0.15, 0.2) is 9.90 Å². The molecule has 0 unspecified atom stereocenters. The van der Waals surface area contributed by atoms with E-state index >= 15 is 0 Å². The molecule has 0 N–H and O–H groups in total. The molecule has 3 heterocycles. The minimum atomic E-state index is -0.233. The van der Waals surface area contributed by atoms with E-state index in [0.29, 0.717) is 0 Å². The van der Waals surface area contributed by atoms with Crippen LogP contribution in [0.5, 0.6) is 0 Å². The molecule has 1 saturated heterocycles. The third-order valence-electron chi connectivity index (χ3n) is 4.60. The Morgan fingerprint density at radius 1 is 1.39 bits per heavy atom. The van der Waals surface area contributed by atoms with Crippen LogP contribution in [0.1, 0.15) is 65.9 Å². The molecule has 0 saturated carbocycles. The van der Waals surface area contributed by atoms with Crippen molar-refractivity contribution in [3.63, 3.8) is 0 Å². The van der Waals surface area contributed by atoms with Crippen molar-refractivity contribution in [3.05, 3.63) is 33.1 Å². The van der Waals surface area contributed by atoms with Crippen molar-refractivity contribution in [3.8, 4) is 0 Å². The number of hydrogen-bond donors (Lipinski definition) is 0. The molecule has 0 bridgehead atoms. The smallest absolute Gasteiger partial charge is 0.230 e. The van der Waals surface area contributed by atoms with Crippen molar-refractivity contribution in [1.29, 1.82) is 0 Å². The maximum absolute atomic E-state index is 13.1. The number of carbonyl (C=O) groups is 1. The summed E-state index contributed by atoms with van der Waals surface area (Å²) in [6, 6.07) is 0.109. The van der Waals surface area contributed by atoms with Crippen molar-refractivity contribution < 1.29 is 9.32 Å². The highest BCUT2D eigenvalue weighted by Crippen LogP contribution is 2.36. The molecule has 5 nitrogen and oxygen atoms in total. The van der Waals surface area contributed by atoms with Gasteiger partial charge in [-0.25, -0.2) is 4.98 Å². The zero-order valence-electron chi connectivity index (χ0n) is 14.1. The second kappa shape index (κ2) is 6.43. The first kappa shape index (κ1) is 16.2. The number of amides is 1. The minimum absolute atomic E-state index is 0.109. The average molecular weight is 333 g/mol. The van der Waals surface area contributed by atoms with E-state index in [4.69, 9.17) is 4.52 Å². The van der Waals surface area contributed by atoms with Gasteiger partial charge in [0.15, 0.2) is 0 Å². The van der Waals surface area contributed by atoms with Gasteiger partial charge in [0.2, 0.25) is 5.91 Å². The number of thiazole rings is 1. The summed E-state index contributed by atoms with van der Waals surface area (Å²) in [5.74, 6) is 0.655. The molecule has 6 heteroatoms. The highest BCUT2D eigenvalue weighted by molar-refractivity contribution is 7.09. The molecular weight excluding hydrogens is 310 g/mol. The summed E-state index contributed by atoms with van der Waals surface area (Å²) in [6.45, 7) is 8.52. The number of rotatable bonds is 3. The molecule has 2 atom stereocenters. The topological polar surface area (TPSA) is 59.2 Å². The van der Waals surface area contributed by atoms with Gasteiger partial charge in [-0.05, 0) is 47.0 Å². The highest BCUT2D eigenvalue weighted by atomic mass is 32.1. The van der Waals surface area contributed by atoms with Crippen LogP contribution in [0.4, 0.5) is 0 Å². The molecule has 1 amide bonds. The first-order chi connectivity index (χ1) is 11.0. The lowest BCUT2D eigenvalue weighted by molar-refractivity contribution is -0.136. The Balaban J connectivity index is 1.87. The molecule has 124 valence electrons. The predicted octanol–water partition coefficient (Wildman–Crippen LogP) is 3.91. The van der Waals surface area contributed by atoms with Crippen LogP contribution >= 0.6 is 11.3 Å². The molecule has 1 fully saturated rings. The number of nitrogens with zero attached hydrogens (tertiary/aromatic N) is 3. The normalized spacial score (nSPS) is 19.8. The highest BCUT2D eigenvalue weighted by Gasteiger charge is 2.34. The molecular formula is C17H23N3O2S. The number of carbonyl (C=O) groups excluding carboxylic acids is 1. The molecule has 2 aromatic rings. The van der Waals surface area contributed by atoms with Gasteiger partial charge in [0.1, 0.15) is 10.8 Å². The van der Waals surface area contributed by atoms with E-state index in [-0.39, 0.29) is 17.9 Å². The van der Waals surface area contributed by atoms with Gasteiger partial charge in [0.05, 0.1) is 17.7 Å². The SMILES string of the molecule is Cc1csc([C@@H]2CCCCN2C(=O)[C@@H](C)c2c(C)noc2C)n1. The standard InChI is InChI=1S/C17H23N3O2S/c1-10-9-23-16(18-10)14-7-5-6-8-20(14)17(21)11(2)15-12(3)19-22-13(15)4/h9,11,14H,5-8H2,1-4H3/t11-,14-/m0/s1. The molecule has 1 aliphatic rings. The van der Waals surface area contributed by atoms with E-state index in [9.17, 15) is 4.79 Å². The monoisotopic (exact) mass is 333 g/mol. The fourth-order valence-corrected chi connectivity index (χ4v) is 4.40. The van der Waals surface area contributed by atoms with Crippen LogP contribution in [0.2, 0.25) is 0 Å². The summed E-state index contributed by atoms with van der Waals surface area (Å²) in [6.07, 6.45) is 3.20. The van der Waals surface area contributed by atoms with Crippen molar-refractivity contribution >= 4 is 17.2 Å². The molecule has 0 aliphatic carbocycles. The van der Waals surface area contributed by atoms with E-state index in [1.807, 2.05) is 32.6 Å². The number of likely N-dealkylation sites (tertiary alicyclic amines) is 1. The third-order valence-corrected chi connectivity index (χ3v) is 5.66. The fourth-order valence-electron chi connectivity index (χ4n) is 3.46. The minimum Gasteiger partial charge on any atom is -0.361 e. The second-order valence-corrected chi connectivity index (χ2v) is 7.22. The van der Waals surface area contributed by atoms with Crippen LogP contribution in [-0.2, 0) is 4.79 Å². The third kappa shape index (κ3) is 3.04. The summed E-state index contributed by atoms with van der Waals surface area (Å²) < 4.78 is 5.24. The Kier molecular flexibility index (Phi) is 4.53. The van der Waals surface area contributed by atoms with E-state index < -0.39 is 0 Å². The molecule has 0 aromatic carbocycles. The molecule has 2 aromatic heterocycles. The van der Waals surface area contributed by atoms with E-state index in [1.54, 1.807) is 11.3 Å². The van der Waals surface area contributed by atoms with Gasteiger partial charge in [-0.3, -0.25) is 4.79 Å². The summed E-state index contributed by atoms with van der Waals surface area (Å²) >= 11 is 1.66. The summed E-state index contributed by atoms with van der Waals surface area (Å²) in [7, 11) is 0. The zero-order valence-corrected chi connectivity index (χ0v) is 14.9. The van der Waals surface area contributed by atoms with Crippen LogP contribution in [0, 0.1) is 20.8 Å². The van der Waals surface area contributed by atoms with E-state index in [2.05, 4.69) is 15.5 Å². The first-order valence-electron chi connectivity index (χ1n) is 8.14. The summed E-state index contributed by atoms with van der Waals surface area (Å²) in [5.41, 5.74) is 2.76. The number of aromatic nitrogens is 2. The Morgan fingerprint density at radius 3 is 2.78 bits per heavy atom. The molecule has 0 radical (unpaired) electrons. The van der Waals surface area contributed by atoms with Crippen molar-refractivity contribution in [2.24, 2.45) is 0 Å².